The van der Waals surface area contributed by atoms with Gasteiger partial charge in [-0.05, 0) is 11.6 Å². The van der Waals surface area contributed by atoms with Crippen LogP contribution in [-0.2, 0) is 6.42 Å². The Bertz CT molecular complexity index is 560. The van der Waals surface area contributed by atoms with E-state index in [9.17, 15) is 0 Å². The Hall–Kier alpha value is -1.96. The summed E-state index contributed by atoms with van der Waals surface area (Å²) in [6, 6.07) is 16.3. The third-order valence-electron chi connectivity index (χ3n) is 2.51. The summed E-state index contributed by atoms with van der Waals surface area (Å²) >= 11 is 0. The lowest BCUT2D eigenvalue weighted by Crippen LogP contribution is -1.90. The van der Waals surface area contributed by atoms with Crippen molar-refractivity contribution in [2.45, 2.75) is 6.42 Å². The molecule has 0 saturated heterocycles. The van der Waals surface area contributed by atoms with Gasteiger partial charge in [0.25, 0.3) is 0 Å². The summed E-state index contributed by atoms with van der Waals surface area (Å²) in [7, 11) is 0. The van der Waals surface area contributed by atoms with Crippen molar-refractivity contribution >= 4 is 11.2 Å². The van der Waals surface area contributed by atoms with Gasteiger partial charge in [-0.15, -0.1) is 0 Å². The van der Waals surface area contributed by atoms with Crippen molar-refractivity contribution in [1.82, 2.24) is 0 Å². The molecule has 74 valence electrons. The minimum atomic E-state index is 0.837. The van der Waals surface area contributed by atoms with Crippen molar-refractivity contribution < 1.29 is 9.15 Å². The summed E-state index contributed by atoms with van der Waals surface area (Å²) < 4.78 is 9.83. The summed E-state index contributed by atoms with van der Waals surface area (Å²) in [4.78, 5) is 0. The molecule has 0 aliphatic heterocycles. The van der Waals surface area contributed by atoms with Crippen LogP contribution in [0.25, 0.3) is 11.2 Å². The van der Waals surface area contributed by atoms with E-state index >= 15 is 0 Å². The molecule has 1 heterocycles. The molecule has 0 amide bonds. The molecule has 1 aromatic heterocycles. The second-order valence-corrected chi connectivity index (χ2v) is 3.57. The van der Waals surface area contributed by atoms with E-state index in [1.54, 1.807) is 0 Å². The summed E-state index contributed by atoms with van der Waals surface area (Å²) in [6.07, 6.45) is 0.882. The molecular formula is C13H10O2. The smallest absolute Gasteiger partial charge is 0.229 e. The van der Waals surface area contributed by atoms with Crippen molar-refractivity contribution in [1.29, 1.82) is 0 Å². The molecule has 0 fully saturated rings. The molecule has 0 spiro atoms. The maximum absolute atomic E-state index is 4.98. The van der Waals surface area contributed by atoms with Crippen LogP contribution in [0.4, 0.5) is 0 Å². The zero-order valence-corrected chi connectivity index (χ0v) is 8.14. The fourth-order valence-electron chi connectivity index (χ4n) is 1.73. The van der Waals surface area contributed by atoms with Gasteiger partial charge in [0, 0.05) is 12.0 Å². The highest BCUT2D eigenvalue weighted by molar-refractivity contribution is 5.74. The van der Waals surface area contributed by atoms with Gasteiger partial charge in [0.05, 0.1) is 0 Å². The molecular weight excluding hydrogens is 188 g/mol. The monoisotopic (exact) mass is 198 g/mol. The van der Waals surface area contributed by atoms with Crippen molar-refractivity contribution in [3.8, 4) is 0 Å². The first-order valence-corrected chi connectivity index (χ1v) is 4.94. The van der Waals surface area contributed by atoms with E-state index in [0.717, 1.165) is 17.6 Å². The first-order chi connectivity index (χ1) is 7.43. The largest absolute Gasteiger partial charge is 0.286 e. The lowest BCUT2D eigenvalue weighted by molar-refractivity contribution is 0.0581. The van der Waals surface area contributed by atoms with Gasteiger partial charge in [0.2, 0.25) is 11.2 Å². The molecule has 0 bridgehead atoms. The van der Waals surface area contributed by atoms with E-state index in [-0.39, 0.29) is 0 Å². The maximum atomic E-state index is 4.98. The average Bonchev–Trinajstić information content (AvgIpc) is 2.22. The lowest BCUT2D eigenvalue weighted by Gasteiger charge is -2.05. The van der Waals surface area contributed by atoms with E-state index in [1.807, 2.05) is 30.3 Å². The predicted octanol–water partition coefficient (Wildman–Crippen LogP) is 3.62. The zero-order valence-electron chi connectivity index (χ0n) is 8.14. The van der Waals surface area contributed by atoms with Crippen LogP contribution in [0.3, 0.4) is 0 Å². The molecule has 15 heavy (non-hydrogen) atoms. The van der Waals surface area contributed by atoms with Crippen molar-refractivity contribution in [2.24, 2.45) is 0 Å². The molecule has 3 aromatic rings. The lowest BCUT2D eigenvalue weighted by atomic mass is 10.0. The van der Waals surface area contributed by atoms with Crippen LogP contribution in [-0.4, -0.2) is 0 Å². The maximum Gasteiger partial charge on any atom is 0.229 e. The summed E-state index contributed by atoms with van der Waals surface area (Å²) in [5.74, 6) is 0. The average molecular weight is 198 g/mol. The number of hydrogen-bond acceptors (Lipinski definition) is 2. The summed E-state index contributed by atoms with van der Waals surface area (Å²) in [5, 5.41) is 0. The quantitative estimate of drug-likeness (QED) is 0.588. The third-order valence-corrected chi connectivity index (χ3v) is 2.51. The van der Waals surface area contributed by atoms with E-state index in [0.29, 0.717) is 0 Å². The zero-order chi connectivity index (χ0) is 10.1. The van der Waals surface area contributed by atoms with Crippen LogP contribution in [0.2, 0.25) is 0 Å². The van der Waals surface area contributed by atoms with Gasteiger partial charge in [-0.25, -0.2) is 0 Å². The second-order valence-electron chi connectivity index (χ2n) is 3.57. The Kier molecular flexibility index (Phi) is 1.85. The van der Waals surface area contributed by atoms with Gasteiger partial charge in [-0.2, -0.15) is 0 Å². The van der Waals surface area contributed by atoms with Crippen LogP contribution in [0, 0.1) is 0 Å². The van der Waals surface area contributed by atoms with Crippen molar-refractivity contribution in [2.75, 3.05) is 0 Å². The van der Waals surface area contributed by atoms with Gasteiger partial charge in [-0.1, -0.05) is 42.5 Å². The van der Waals surface area contributed by atoms with E-state index < -0.39 is 0 Å². The van der Waals surface area contributed by atoms with Crippen LogP contribution in [0.15, 0.2) is 57.7 Å². The Balaban J connectivity index is 1.98. The highest BCUT2D eigenvalue weighted by Crippen LogP contribution is 2.24. The molecule has 0 radical (unpaired) electrons. The number of hydrogen-bond donors (Lipinski definition) is 0. The number of rotatable bonds is 2. The SMILES string of the molecule is c1ccc(Cc2cccc3ooc23)cc1. The van der Waals surface area contributed by atoms with Crippen LogP contribution in [0.1, 0.15) is 11.1 Å². The topological polar surface area (TPSA) is 26.3 Å². The Morgan fingerprint density at radius 1 is 0.800 bits per heavy atom. The highest BCUT2D eigenvalue weighted by Gasteiger charge is 2.09. The second kappa shape index (κ2) is 3.31. The fraction of sp³-hybridized carbons (Fsp3) is 0.0769. The first kappa shape index (κ1) is 8.36. The van der Waals surface area contributed by atoms with Gasteiger partial charge < -0.3 is 0 Å². The number of para-hydroxylation sites is 1. The standard InChI is InChI=1S/C13H10O2/c1-2-5-10(6-3-1)9-11-7-4-8-12-13(11)15-14-12/h1-8H,9H2. The predicted molar refractivity (Wildman–Crippen MR) is 57.7 cm³/mol. The Morgan fingerprint density at radius 2 is 1.67 bits per heavy atom. The molecule has 2 heteroatoms. The molecule has 2 aromatic carbocycles. The van der Waals surface area contributed by atoms with E-state index in [2.05, 4.69) is 18.2 Å². The Morgan fingerprint density at radius 3 is 2.40 bits per heavy atom. The van der Waals surface area contributed by atoms with Gasteiger partial charge in [-0.3, -0.25) is 9.15 Å². The number of fused-ring (bicyclic) bond motifs is 1. The van der Waals surface area contributed by atoms with Crippen LogP contribution < -0.4 is 0 Å². The molecule has 0 unspecified atom stereocenters. The van der Waals surface area contributed by atoms with Crippen LogP contribution in [0.5, 0.6) is 0 Å². The molecule has 0 atom stereocenters. The minimum Gasteiger partial charge on any atom is -0.286 e. The summed E-state index contributed by atoms with van der Waals surface area (Å²) in [5.41, 5.74) is 4.16. The van der Waals surface area contributed by atoms with Gasteiger partial charge >= 0.3 is 0 Å². The highest BCUT2D eigenvalue weighted by atomic mass is 17.0. The molecule has 0 N–H and O–H groups in total. The van der Waals surface area contributed by atoms with Crippen LogP contribution >= 0.6 is 0 Å². The fourth-order valence-corrected chi connectivity index (χ4v) is 1.73. The molecule has 3 rings (SSSR count). The summed E-state index contributed by atoms with van der Waals surface area (Å²) in [6.45, 7) is 0. The molecule has 2 nitrogen and oxygen atoms in total. The molecule has 0 saturated carbocycles. The Labute approximate surface area is 87.0 Å². The van der Waals surface area contributed by atoms with E-state index in [4.69, 9.17) is 9.15 Å². The third kappa shape index (κ3) is 1.44. The molecule has 0 aliphatic rings. The van der Waals surface area contributed by atoms with Crippen molar-refractivity contribution in [3.63, 3.8) is 0 Å². The van der Waals surface area contributed by atoms with Gasteiger partial charge in [0.15, 0.2) is 0 Å². The van der Waals surface area contributed by atoms with E-state index in [1.165, 1.54) is 11.1 Å². The number of benzene rings is 2. The van der Waals surface area contributed by atoms with Gasteiger partial charge in [0.1, 0.15) is 0 Å². The normalized spacial score (nSPS) is 10.9. The first-order valence-electron chi connectivity index (χ1n) is 4.94. The minimum absolute atomic E-state index is 0.837. The molecule has 0 aliphatic carbocycles. The van der Waals surface area contributed by atoms with Crippen molar-refractivity contribution in [3.05, 3.63) is 59.7 Å².